The summed E-state index contributed by atoms with van der Waals surface area (Å²) in [6.07, 6.45) is 2.42. The van der Waals surface area contributed by atoms with Crippen LogP contribution in [0.15, 0.2) is 12.1 Å². The number of piperidine rings is 1. The van der Waals surface area contributed by atoms with Crippen LogP contribution in [0.3, 0.4) is 0 Å². The van der Waals surface area contributed by atoms with Crippen LogP contribution in [-0.4, -0.2) is 55.8 Å². The molecule has 0 spiro atoms. The number of hydrogen-bond acceptors (Lipinski definition) is 6. The fourth-order valence-corrected chi connectivity index (χ4v) is 2.40. The largest absolute Gasteiger partial charge is 0.365 e. The summed E-state index contributed by atoms with van der Waals surface area (Å²) in [5.41, 5.74) is 0.666. The van der Waals surface area contributed by atoms with Crippen molar-refractivity contribution >= 4 is 11.5 Å². The Balaban J connectivity index is 1.71. The van der Waals surface area contributed by atoms with Crippen LogP contribution < -0.4 is 5.32 Å². The highest BCUT2D eigenvalue weighted by Crippen LogP contribution is 2.14. The molecule has 0 saturated carbocycles. The number of fused-ring (bicyclic) bond motifs is 1. The summed E-state index contributed by atoms with van der Waals surface area (Å²) in [7, 11) is 0. The third-order valence-corrected chi connectivity index (χ3v) is 3.37. The molecule has 0 amide bonds. The van der Waals surface area contributed by atoms with Crippen molar-refractivity contribution in [3.05, 3.63) is 12.1 Å². The van der Waals surface area contributed by atoms with Crippen molar-refractivity contribution in [1.82, 2.24) is 30.2 Å². The molecule has 1 unspecified atom stereocenters. The van der Waals surface area contributed by atoms with E-state index in [1.54, 1.807) is 0 Å². The van der Waals surface area contributed by atoms with Gasteiger partial charge in [0.05, 0.1) is 0 Å². The highest BCUT2D eigenvalue weighted by Gasteiger charge is 2.18. The molecular formula is C11H17N7. The van der Waals surface area contributed by atoms with E-state index in [9.17, 15) is 0 Å². The number of hydrogen-bond donors (Lipinski definition) is 1. The van der Waals surface area contributed by atoms with Gasteiger partial charge in [-0.1, -0.05) is 6.92 Å². The average Bonchev–Trinajstić information content (AvgIpc) is 2.86. The van der Waals surface area contributed by atoms with Gasteiger partial charge in [-0.15, -0.1) is 14.8 Å². The van der Waals surface area contributed by atoms with Gasteiger partial charge >= 0.3 is 0 Å². The molecule has 1 aliphatic heterocycles. The Morgan fingerprint density at radius 3 is 3.28 bits per heavy atom. The molecular weight excluding hydrogens is 230 g/mol. The van der Waals surface area contributed by atoms with Gasteiger partial charge in [-0.2, -0.15) is 0 Å². The van der Waals surface area contributed by atoms with E-state index in [0.29, 0.717) is 11.7 Å². The molecule has 96 valence electrons. The quantitative estimate of drug-likeness (QED) is 0.847. The molecule has 1 saturated heterocycles. The van der Waals surface area contributed by atoms with E-state index in [-0.39, 0.29) is 0 Å². The minimum absolute atomic E-state index is 0.458. The van der Waals surface area contributed by atoms with Gasteiger partial charge in [0, 0.05) is 12.6 Å². The predicted octanol–water partition coefficient (Wildman–Crippen LogP) is 0.415. The zero-order valence-electron chi connectivity index (χ0n) is 10.5. The van der Waals surface area contributed by atoms with Crippen molar-refractivity contribution in [1.29, 1.82) is 0 Å². The van der Waals surface area contributed by atoms with E-state index >= 15 is 0 Å². The minimum atomic E-state index is 0.458. The Morgan fingerprint density at radius 1 is 1.44 bits per heavy atom. The number of likely N-dealkylation sites (tertiary alicyclic amines) is 1. The van der Waals surface area contributed by atoms with E-state index in [1.165, 1.54) is 24.0 Å². The van der Waals surface area contributed by atoms with Crippen LogP contribution in [0, 0.1) is 0 Å². The topological polar surface area (TPSA) is 71.2 Å². The number of nitrogens with one attached hydrogen (secondary N) is 1. The highest BCUT2D eigenvalue weighted by molar-refractivity contribution is 5.42. The summed E-state index contributed by atoms with van der Waals surface area (Å²) in [6, 6.07) is 4.26. The van der Waals surface area contributed by atoms with Crippen molar-refractivity contribution in [3.8, 4) is 0 Å². The number of rotatable bonds is 3. The van der Waals surface area contributed by atoms with Gasteiger partial charge in [-0.3, -0.25) is 0 Å². The molecule has 2 aromatic rings. The number of likely N-dealkylation sites (N-methyl/N-ethyl adjacent to an activating group) is 1. The van der Waals surface area contributed by atoms with Crippen LogP contribution >= 0.6 is 0 Å². The Morgan fingerprint density at radius 2 is 2.39 bits per heavy atom. The zero-order valence-corrected chi connectivity index (χ0v) is 10.5. The van der Waals surface area contributed by atoms with E-state index in [2.05, 4.69) is 37.8 Å². The van der Waals surface area contributed by atoms with Gasteiger partial charge in [0.1, 0.15) is 5.82 Å². The first-order valence-electron chi connectivity index (χ1n) is 6.39. The Labute approximate surface area is 105 Å². The van der Waals surface area contributed by atoms with Crippen LogP contribution in [0.1, 0.15) is 19.8 Å². The molecule has 3 heterocycles. The van der Waals surface area contributed by atoms with Crippen LogP contribution in [0.25, 0.3) is 5.65 Å². The summed E-state index contributed by atoms with van der Waals surface area (Å²) >= 11 is 0. The average molecular weight is 247 g/mol. The fraction of sp³-hybridized carbons (Fsp3) is 0.636. The van der Waals surface area contributed by atoms with Crippen LogP contribution in [0.5, 0.6) is 0 Å². The summed E-state index contributed by atoms with van der Waals surface area (Å²) < 4.78 is 1.45. The molecule has 7 heteroatoms. The lowest BCUT2D eigenvalue weighted by atomic mass is 10.1. The normalized spacial score (nSPS) is 21.3. The predicted molar refractivity (Wildman–Crippen MR) is 67.3 cm³/mol. The zero-order chi connectivity index (χ0) is 12.4. The molecule has 7 nitrogen and oxygen atoms in total. The number of nitrogens with zero attached hydrogens (tertiary/aromatic N) is 6. The third kappa shape index (κ3) is 2.26. The fourth-order valence-electron chi connectivity index (χ4n) is 2.40. The van der Waals surface area contributed by atoms with Gasteiger partial charge in [-0.05, 0) is 48.5 Å². The summed E-state index contributed by atoms with van der Waals surface area (Å²) in [4.78, 5) is 2.46. The van der Waals surface area contributed by atoms with Crippen molar-refractivity contribution in [2.45, 2.75) is 25.8 Å². The Kier molecular flexibility index (Phi) is 3.06. The molecule has 2 aromatic heterocycles. The van der Waals surface area contributed by atoms with Crippen molar-refractivity contribution in [2.24, 2.45) is 0 Å². The van der Waals surface area contributed by atoms with Gasteiger partial charge in [0.25, 0.3) is 0 Å². The van der Waals surface area contributed by atoms with E-state index < -0.39 is 0 Å². The molecule has 3 rings (SSSR count). The molecule has 18 heavy (non-hydrogen) atoms. The molecule has 1 atom stereocenters. The highest BCUT2D eigenvalue weighted by atomic mass is 15.6. The van der Waals surface area contributed by atoms with E-state index in [0.717, 1.165) is 18.9 Å². The van der Waals surface area contributed by atoms with Crippen LogP contribution in [0.4, 0.5) is 5.82 Å². The second-order valence-corrected chi connectivity index (χ2v) is 4.62. The van der Waals surface area contributed by atoms with Crippen molar-refractivity contribution in [3.63, 3.8) is 0 Å². The Hall–Kier alpha value is -1.76. The standard InChI is InChI=1S/C11H17N7/c1-2-17-7-3-4-9(8-17)12-10-5-6-11-13-15-16-18(11)14-10/h5-6,9H,2-4,7-8H2,1H3,(H,12,14). The second-order valence-electron chi connectivity index (χ2n) is 4.62. The summed E-state index contributed by atoms with van der Waals surface area (Å²) in [5.74, 6) is 0.831. The summed E-state index contributed by atoms with van der Waals surface area (Å²) in [6.45, 7) is 5.59. The maximum Gasteiger partial charge on any atom is 0.200 e. The van der Waals surface area contributed by atoms with Gasteiger partial charge in [0.2, 0.25) is 0 Å². The first-order chi connectivity index (χ1) is 8.85. The van der Waals surface area contributed by atoms with E-state index in [1.807, 2.05) is 12.1 Å². The van der Waals surface area contributed by atoms with Gasteiger partial charge < -0.3 is 10.2 Å². The van der Waals surface area contributed by atoms with Crippen molar-refractivity contribution in [2.75, 3.05) is 25.0 Å². The number of anilines is 1. The SMILES string of the molecule is CCN1CCCC(Nc2ccc3nnnn3n2)C1. The smallest absolute Gasteiger partial charge is 0.200 e. The second kappa shape index (κ2) is 4.85. The number of tetrazole rings is 1. The molecule has 1 aliphatic rings. The molecule has 0 radical (unpaired) electrons. The maximum atomic E-state index is 4.33. The van der Waals surface area contributed by atoms with Crippen LogP contribution in [-0.2, 0) is 0 Å². The van der Waals surface area contributed by atoms with Gasteiger partial charge in [-0.25, -0.2) is 0 Å². The Bertz CT molecular complexity index is 523. The summed E-state index contributed by atoms with van der Waals surface area (Å²) in [5, 5.41) is 19.0. The molecule has 0 aromatic carbocycles. The monoisotopic (exact) mass is 247 g/mol. The lowest BCUT2D eigenvalue weighted by Gasteiger charge is -2.32. The minimum Gasteiger partial charge on any atom is -0.365 e. The maximum absolute atomic E-state index is 4.33. The lowest BCUT2D eigenvalue weighted by molar-refractivity contribution is 0.226. The third-order valence-electron chi connectivity index (χ3n) is 3.37. The van der Waals surface area contributed by atoms with Crippen LogP contribution in [0.2, 0.25) is 0 Å². The first-order valence-corrected chi connectivity index (χ1v) is 6.39. The molecule has 0 aliphatic carbocycles. The first kappa shape index (κ1) is 11.3. The van der Waals surface area contributed by atoms with E-state index in [4.69, 9.17) is 0 Å². The molecule has 0 bridgehead atoms. The molecule has 1 fully saturated rings. The number of aromatic nitrogens is 5. The molecule has 1 N–H and O–H groups in total. The van der Waals surface area contributed by atoms with Gasteiger partial charge in [0.15, 0.2) is 5.65 Å². The van der Waals surface area contributed by atoms with Crippen molar-refractivity contribution < 1.29 is 0 Å². The lowest BCUT2D eigenvalue weighted by Crippen LogP contribution is -2.42.